The summed E-state index contributed by atoms with van der Waals surface area (Å²) in [5.41, 5.74) is 2.28. The molecule has 0 heterocycles. The third-order valence-electron chi connectivity index (χ3n) is 3.61. The quantitative estimate of drug-likeness (QED) is 0.768. The first-order valence-electron chi connectivity index (χ1n) is 7.31. The lowest BCUT2D eigenvalue weighted by Gasteiger charge is -2.15. The second kappa shape index (κ2) is 8.18. The molecule has 0 spiro atoms. The fraction of sp³-hybridized carbons (Fsp3) is 0.588. The van der Waals surface area contributed by atoms with Gasteiger partial charge < -0.3 is 10.2 Å². The van der Waals surface area contributed by atoms with E-state index in [9.17, 15) is 4.79 Å². The van der Waals surface area contributed by atoms with Crippen LogP contribution in [0.3, 0.4) is 0 Å². The fourth-order valence-electron chi connectivity index (χ4n) is 2.25. The molecule has 0 radical (unpaired) electrons. The zero-order valence-corrected chi connectivity index (χ0v) is 12.7. The van der Waals surface area contributed by atoms with Gasteiger partial charge in [0.05, 0.1) is 0 Å². The van der Waals surface area contributed by atoms with Crippen molar-refractivity contribution in [1.29, 1.82) is 0 Å². The standard InChI is InChI=1S/C17H26O3/c1-12(2)8-14-4-6-16(7-5-14)13(3)17(20)9-15(10-18)11-19/h4-7,12-13,15,18-19H,8-11H2,1-3H3. The van der Waals surface area contributed by atoms with Gasteiger partial charge in [0.1, 0.15) is 5.78 Å². The average Bonchev–Trinajstić information content (AvgIpc) is 2.43. The molecule has 1 aromatic carbocycles. The third kappa shape index (κ3) is 5.06. The van der Waals surface area contributed by atoms with E-state index in [2.05, 4.69) is 26.0 Å². The topological polar surface area (TPSA) is 57.5 Å². The van der Waals surface area contributed by atoms with Crippen LogP contribution in [-0.2, 0) is 11.2 Å². The van der Waals surface area contributed by atoms with Crippen molar-refractivity contribution < 1.29 is 15.0 Å². The maximum absolute atomic E-state index is 12.1. The molecule has 1 aromatic rings. The van der Waals surface area contributed by atoms with Gasteiger partial charge in [0, 0.05) is 31.5 Å². The summed E-state index contributed by atoms with van der Waals surface area (Å²) in [4.78, 5) is 12.1. The molecule has 0 bridgehead atoms. The number of aliphatic hydroxyl groups is 2. The van der Waals surface area contributed by atoms with E-state index in [1.165, 1.54) is 5.56 Å². The summed E-state index contributed by atoms with van der Waals surface area (Å²) in [6.45, 7) is 5.95. The Morgan fingerprint density at radius 2 is 1.60 bits per heavy atom. The SMILES string of the molecule is CC(C)Cc1ccc(C(C)C(=O)CC(CO)CO)cc1. The largest absolute Gasteiger partial charge is 0.396 e. The molecule has 1 rings (SSSR count). The molecule has 3 heteroatoms. The molecule has 0 aromatic heterocycles. The Bertz CT molecular complexity index is 405. The number of hydrogen-bond donors (Lipinski definition) is 2. The van der Waals surface area contributed by atoms with E-state index < -0.39 is 0 Å². The van der Waals surface area contributed by atoms with Crippen LogP contribution >= 0.6 is 0 Å². The number of carbonyl (C=O) groups is 1. The first kappa shape index (κ1) is 16.9. The van der Waals surface area contributed by atoms with Gasteiger partial charge in [0.15, 0.2) is 0 Å². The van der Waals surface area contributed by atoms with Crippen LogP contribution in [0.1, 0.15) is 44.2 Å². The first-order valence-corrected chi connectivity index (χ1v) is 7.31. The Morgan fingerprint density at radius 1 is 1.05 bits per heavy atom. The molecule has 20 heavy (non-hydrogen) atoms. The summed E-state index contributed by atoms with van der Waals surface area (Å²) >= 11 is 0. The summed E-state index contributed by atoms with van der Waals surface area (Å²) in [5, 5.41) is 18.1. The van der Waals surface area contributed by atoms with Gasteiger partial charge in [-0.2, -0.15) is 0 Å². The van der Waals surface area contributed by atoms with Gasteiger partial charge in [-0.15, -0.1) is 0 Å². The summed E-state index contributed by atoms with van der Waals surface area (Å²) < 4.78 is 0. The molecule has 1 atom stereocenters. The first-order chi connectivity index (χ1) is 9.47. The highest BCUT2D eigenvalue weighted by Gasteiger charge is 2.19. The highest BCUT2D eigenvalue weighted by atomic mass is 16.3. The van der Waals surface area contributed by atoms with Gasteiger partial charge in [-0.25, -0.2) is 0 Å². The lowest BCUT2D eigenvalue weighted by Crippen LogP contribution is -2.19. The molecule has 1 unspecified atom stereocenters. The van der Waals surface area contributed by atoms with Crippen LogP contribution in [0.15, 0.2) is 24.3 Å². The van der Waals surface area contributed by atoms with Gasteiger partial charge in [-0.3, -0.25) is 4.79 Å². The number of aliphatic hydroxyl groups excluding tert-OH is 2. The van der Waals surface area contributed by atoms with Gasteiger partial charge in [-0.1, -0.05) is 45.0 Å². The van der Waals surface area contributed by atoms with Crippen molar-refractivity contribution in [2.24, 2.45) is 11.8 Å². The maximum atomic E-state index is 12.1. The molecule has 3 nitrogen and oxygen atoms in total. The molecule has 0 saturated heterocycles. The molecule has 112 valence electrons. The molecular formula is C17H26O3. The van der Waals surface area contributed by atoms with Crippen molar-refractivity contribution >= 4 is 5.78 Å². The van der Waals surface area contributed by atoms with Crippen LogP contribution in [0.4, 0.5) is 0 Å². The second-order valence-electron chi connectivity index (χ2n) is 5.96. The number of benzene rings is 1. The molecule has 0 aliphatic heterocycles. The zero-order chi connectivity index (χ0) is 15.1. The highest BCUT2D eigenvalue weighted by Crippen LogP contribution is 2.21. The Labute approximate surface area is 121 Å². The second-order valence-corrected chi connectivity index (χ2v) is 5.96. The average molecular weight is 278 g/mol. The summed E-state index contributed by atoms with van der Waals surface area (Å²) in [7, 11) is 0. The number of ketones is 1. The van der Waals surface area contributed by atoms with Gasteiger partial charge in [0.2, 0.25) is 0 Å². The lowest BCUT2D eigenvalue weighted by atomic mass is 9.90. The van der Waals surface area contributed by atoms with Crippen LogP contribution in [0.2, 0.25) is 0 Å². The maximum Gasteiger partial charge on any atom is 0.140 e. The minimum absolute atomic E-state index is 0.0645. The van der Waals surface area contributed by atoms with Crippen molar-refractivity contribution in [2.45, 2.75) is 39.5 Å². The van der Waals surface area contributed by atoms with E-state index in [4.69, 9.17) is 10.2 Å². The van der Waals surface area contributed by atoms with E-state index in [-0.39, 0.29) is 37.3 Å². The van der Waals surface area contributed by atoms with Crippen LogP contribution in [0.5, 0.6) is 0 Å². The van der Waals surface area contributed by atoms with Gasteiger partial charge in [0.25, 0.3) is 0 Å². The summed E-state index contributed by atoms with van der Waals surface area (Å²) in [5.74, 6) is 0.151. The predicted molar refractivity (Wildman–Crippen MR) is 80.7 cm³/mol. The van der Waals surface area contributed by atoms with Gasteiger partial charge in [-0.05, 0) is 23.5 Å². The monoisotopic (exact) mass is 278 g/mol. The van der Waals surface area contributed by atoms with Gasteiger partial charge >= 0.3 is 0 Å². The number of Topliss-reactive ketones (excluding diaryl/α,β-unsaturated/α-hetero) is 1. The third-order valence-corrected chi connectivity index (χ3v) is 3.61. The summed E-state index contributed by atoms with van der Waals surface area (Å²) in [6, 6.07) is 8.17. The molecular weight excluding hydrogens is 252 g/mol. The Hall–Kier alpha value is -1.19. The Morgan fingerprint density at radius 3 is 2.05 bits per heavy atom. The number of carbonyl (C=O) groups excluding carboxylic acids is 1. The minimum atomic E-state index is -0.342. The molecule has 0 amide bonds. The van der Waals surface area contributed by atoms with Crippen LogP contribution in [-0.4, -0.2) is 29.2 Å². The number of rotatable bonds is 8. The lowest BCUT2D eigenvalue weighted by molar-refractivity contribution is -0.121. The molecule has 0 aliphatic rings. The smallest absolute Gasteiger partial charge is 0.140 e. The van der Waals surface area contributed by atoms with Crippen molar-refractivity contribution in [3.63, 3.8) is 0 Å². The number of hydrogen-bond acceptors (Lipinski definition) is 3. The Balaban J connectivity index is 2.67. The molecule has 0 saturated carbocycles. The van der Waals surface area contributed by atoms with Crippen molar-refractivity contribution in [1.82, 2.24) is 0 Å². The van der Waals surface area contributed by atoms with Crippen LogP contribution in [0.25, 0.3) is 0 Å². The molecule has 0 aliphatic carbocycles. The summed E-state index contributed by atoms with van der Waals surface area (Å²) in [6.07, 6.45) is 1.27. The van der Waals surface area contributed by atoms with Crippen LogP contribution < -0.4 is 0 Å². The zero-order valence-electron chi connectivity index (χ0n) is 12.7. The van der Waals surface area contributed by atoms with E-state index in [0.29, 0.717) is 5.92 Å². The normalized spacial score (nSPS) is 12.9. The van der Waals surface area contributed by atoms with Crippen molar-refractivity contribution in [2.75, 3.05) is 13.2 Å². The minimum Gasteiger partial charge on any atom is -0.396 e. The highest BCUT2D eigenvalue weighted by molar-refractivity contribution is 5.85. The molecule has 2 N–H and O–H groups in total. The Kier molecular flexibility index (Phi) is 6.89. The van der Waals surface area contributed by atoms with E-state index in [0.717, 1.165) is 12.0 Å². The van der Waals surface area contributed by atoms with E-state index >= 15 is 0 Å². The van der Waals surface area contributed by atoms with Crippen molar-refractivity contribution in [3.05, 3.63) is 35.4 Å². The van der Waals surface area contributed by atoms with E-state index in [1.807, 2.05) is 19.1 Å². The molecule has 0 fully saturated rings. The van der Waals surface area contributed by atoms with E-state index in [1.54, 1.807) is 0 Å². The van der Waals surface area contributed by atoms with Crippen LogP contribution in [0, 0.1) is 11.8 Å². The predicted octanol–water partition coefficient (Wildman–Crippen LogP) is 2.55. The fourth-order valence-corrected chi connectivity index (χ4v) is 2.25. The van der Waals surface area contributed by atoms with Crippen molar-refractivity contribution in [3.8, 4) is 0 Å².